The zero-order chi connectivity index (χ0) is 27.9. The van der Waals surface area contributed by atoms with Gasteiger partial charge in [-0.05, 0) is 56.0 Å². The molecule has 0 fully saturated rings. The molecule has 38 heavy (non-hydrogen) atoms. The number of nitrogens with one attached hydrogen (secondary N) is 1. The van der Waals surface area contributed by atoms with Crippen LogP contribution in [0.5, 0.6) is 0 Å². The van der Waals surface area contributed by atoms with E-state index in [1.165, 1.54) is 16.3 Å². The Hall–Kier alpha value is -3.65. The second-order valence-corrected chi connectivity index (χ2v) is 11.2. The Morgan fingerprint density at radius 2 is 1.45 bits per heavy atom. The molecule has 0 saturated carbocycles. The number of hydrogen-bond donors (Lipinski definition) is 1. The molecule has 3 aromatic carbocycles. The maximum Gasteiger partial charge on any atom is 0.264 e. The summed E-state index contributed by atoms with van der Waals surface area (Å²) in [6, 6.07) is 20.8. The van der Waals surface area contributed by atoms with E-state index in [9.17, 15) is 18.0 Å². The van der Waals surface area contributed by atoms with E-state index in [4.69, 9.17) is 0 Å². The van der Waals surface area contributed by atoms with Crippen molar-refractivity contribution < 1.29 is 18.0 Å². The van der Waals surface area contributed by atoms with Gasteiger partial charge in [0, 0.05) is 13.6 Å². The minimum absolute atomic E-state index is 0.102. The van der Waals surface area contributed by atoms with Gasteiger partial charge in [0.15, 0.2) is 0 Å². The lowest BCUT2D eigenvalue weighted by molar-refractivity contribution is -0.140. The lowest BCUT2D eigenvalue weighted by Crippen LogP contribution is -2.51. The molecule has 3 aromatic rings. The average molecular weight is 536 g/mol. The van der Waals surface area contributed by atoms with Crippen LogP contribution in [0.2, 0.25) is 0 Å². The predicted octanol–water partition coefficient (Wildman–Crippen LogP) is 4.61. The van der Waals surface area contributed by atoms with Crippen LogP contribution in [0.3, 0.4) is 0 Å². The molecule has 0 aliphatic carbocycles. The Labute approximate surface area is 226 Å². The van der Waals surface area contributed by atoms with Gasteiger partial charge in [0.05, 0.1) is 10.6 Å². The van der Waals surface area contributed by atoms with Gasteiger partial charge in [-0.2, -0.15) is 0 Å². The number of benzene rings is 3. The van der Waals surface area contributed by atoms with Gasteiger partial charge in [0.25, 0.3) is 10.0 Å². The molecule has 8 heteroatoms. The van der Waals surface area contributed by atoms with E-state index < -0.39 is 28.5 Å². The lowest BCUT2D eigenvalue weighted by Gasteiger charge is -2.33. The first-order valence-corrected chi connectivity index (χ1v) is 14.3. The first-order valence-electron chi connectivity index (χ1n) is 12.9. The van der Waals surface area contributed by atoms with Crippen molar-refractivity contribution in [3.8, 4) is 0 Å². The van der Waals surface area contributed by atoms with E-state index in [1.807, 2.05) is 64.1 Å². The maximum atomic E-state index is 14.0. The molecule has 1 atom stereocenters. The third-order valence-corrected chi connectivity index (χ3v) is 8.41. The summed E-state index contributed by atoms with van der Waals surface area (Å²) < 4.78 is 29.1. The molecule has 0 saturated heterocycles. The zero-order valence-corrected chi connectivity index (χ0v) is 23.6. The lowest BCUT2D eigenvalue weighted by atomic mass is 10.1. The average Bonchev–Trinajstić information content (AvgIpc) is 2.92. The Balaban J connectivity index is 2.09. The van der Waals surface area contributed by atoms with Crippen molar-refractivity contribution >= 4 is 27.5 Å². The molecular weight excluding hydrogens is 498 g/mol. The Morgan fingerprint density at radius 3 is 2.00 bits per heavy atom. The van der Waals surface area contributed by atoms with Crippen LogP contribution in [0.15, 0.2) is 77.7 Å². The maximum absolute atomic E-state index is 14.0. The number of sulfonamides is 1. The SMILES string of the molecule is CCc1ccccc1N(CC(=O)N(Cc1ccc(C)cc1)C(CC)C(=O)NC)S(=O)(=O)c1ccc(C)cc1. The van der Waals surface area contributed by atoms with Gasteiger partial charge < -0.3 is 10.2 Å². The summed E-state index contributed by atoms with van der Waals surface area (Å²) in [6.07, 6.45) is 0.973. The summed E-state index contributed by atoms with van der Waals surface area (Å²) in [7, 11) is -2.55. The largest absolute Gasteiger partial charge is 0.357 e. The number of carbonyl (C=O) groups is 2. The minimum atomic E-state index is -4.08. The van der Waals surface area contributed by atoms with Gasteiger partial charge in [-0.15, -0.1) is 0 Å². The van der Waals surface area contributed by atoms with Crippen LogP contribution in [-0.4, -0.2) is 44.8 Å². The standard InChI is InChI=1S/C30H37N3O4S/c1-6-25-10-8-9-11-28(25)33(38(36,37)26-18-14-23(4)15-19-26)21-29(34)32(27(7-2)30(35)31-5)20-24-16-12-22(3)13-17-24/h8-19,27H,6-7,20-21H2,1-5H3,(H,31,35). The van der Waals surface area contributed by atoms with Crippen LogP contribution in [0.4, 0.5) is 5.69 Å². The molecule has 2 amide bonds. The van der Waals surface area contributed by atoms with Gasteiger partial charge in [-0.25, -0.2) is 8.42 Å². The summed E-state index contributed by atoms with van der Waals surface area (Å²) in [6.45, 7) is 7.38. The van der Waals surface area contributed by atoms with Gasteiger partial charge in [-0.1, -0.05) is 79.6 Å². The summed E-state index contributed by atoms with van der Waals surface area (Å²) in [5.41, 5.74) is 4.12. The minimum Gasteiger partial charge on any atom is -0.357 e. The second kappa shape index (κ2) is 12.7. The number of para-hydroxylation sites is 1. The van der Waals surface area contributed by atoms with Crippen LogP contribution in [0.25, 0.3) is 0 Å². The van der Waals surface area contributed by atoms with Gasteiger partial charge in [-0.3, -0.25) is 13.9 Å². The zero-order valence-electron chi connectivity index (χ0n) is 22.8. The highest BCUT2D eigenvalue weighted by Crippen LogP contribution is 2.28. The number of rotatable bonds is 11. The van der Waals surface area contributed by atoms with Crippen molar-refractivity contribution in [1.29, 1.82) is 0 Å². The summed E-state index contributed by atoms with van der Waals surface area (Å²) >= 11 is 0. The Morgan fingerprint density at radius 1 is 0.868 bits per heavy atom. The smallest absolute Gasteiger partial charge is 0.264 e. The molecule has 0 bridgehead atoms. The molecule has 1 N–H and O–H groups in total. The van der Waals surface area contributed by atoms with Crippen LogP contribution < -0.4 is 9.62 Å². The fourth-order valence-electron chi connectivity index (χ4n) is 4.38. The quantitative estimate of drug-likeness (QED) is 0.388. The predicted molar refractivity (Wildman–Crippen MR) is 151 cm³/mol. The van der Waals surface area contributed by atoms with E-state index in [-0.39, 0.29) is 17.3 Å². The number of hydrogen-bond acceptors (Lipinski definition) is 4. The first-order chi connectivity index (χ1) is 18.1. The van der Waals surface area contributed by atoms with Crippen LogP contribution >= 0.6 is 0 Å². The van der Waals surface area contributed by atoms with Crippen molar-refractivity contribution in [3.05, 3.63) is 95.1 Å². The van der Waals surface area contributed by atoms with Crippen molar-refractivity contribution in [2.24, 2.45) is 0 Å². The van der Waals surface area contributed by atoms with Crippen LogP contribution in [0, 0.1) is 13.8 Å². The molecule has 0 spiro atoms. The number of likely N-dealkylation sites (N-methyl/N-ethyl adjacent to an activating group) is 1. The van der Waals surface area contributed by atoms with Crippen molar-refractivity contribution in [2.45, 2.75) is 58.0 Å². The number of amides is 2. The van der Waals surface area contributed by atoms with E-state index in [1.54, 1.807) is 36.4 Å². The fourth-order valence-corrected chi connectivity index (χ4v) is 5.83. The summed E-state index contributed by atoms with van der Waals surface area (Å²) in [4.78, 5) is 28.4. The first kappa shape index (κ1) is 28.9. The highest BCUT2D eigenvalue weighted by atomic mass is 32.2. The Kier molecular flexibility index (Phi) is 9.69. The molecule has 3 rings (SSSR count). The number of nitrogens with zero attached hydrogens (tertiary/aromatic N) is 2. The fraction of sp³-hybridized carbons (Fsp3) is 0.333. The monoisotopic (exact) mass is 535 g/mol. The van der Waals surface area contributed by atoms with Gasteiger partial charge in [0.1, 0.15) is 12.6 Å². The highest BCUT2D eigenvalue weighted by Gasteiger charge is 2.34. The third-order valence-electron chi connectivity index (χ3n) is 6.63. The molecular formula is C30H37N3O4S. The number of anilines is 1. The van der Waals surface area contributed by atoms with Crippen LogP contribution in [0.1, 0.15) is 42.5 Å². The normalized spacial score (nSPS) is 12.0. The van der Waals surface area contributed by atoms with E-state index >= 15 is 0 Å². The molecule has 0 aromatic heterocycles. The molecule has 7 nitrogen and oxygen atoms in total. The summed E-state index contributed by atoms with van der Waals surface area (Å²) in [5.74, 6) is -0.752. The van der Waals surface area contributed by atoms with Gasteiger partial charge >= 0.3 is 0 Å². The molecule has 0 radical (unpaired) electrons. The van der Waals surface area contributed by atoms with E-state index in [2.05, 4.69) is 5.32 Å². The number of carbonyl (C=O) groups excluding carboxylic acids is 2. The van der Waals surface area contributed by atoms with Gasteiger partial charge in [0.2, 0.25) is 11.8 Å². The number of aryl methyl sites for hydroxylation is 3. The van der Waals surface area contributed by atoms with E-state index in [0.717, 1.165) is 22.3 Å². The third kappa shape index (κ3) is 6.61. The van der Waals surface area contributed by atoms with Crippen molar-refractivity contribution in [1.82, 2.24) is 10.2 Å². The molecule has 0 aliphatic heterocycles. The molecule has 202 valence electrons. The van der Waals surface area contributed by atoms with Crippen LogP contribution in [-0.2, 0) is 32.6 Å². The van der Waals surface area contributed by atoms with E-state index in [0.29, 0.717) is 18.5 Å². The summed E-state index contributed by atoms with van der Waals surface area (Å²) in [5, 5.41) is 2.65. The molecule has 0 heterocycles. The Bertz CT molecular complexity index is 1350. The second-order valence-electron chi connectivity index (χ2n) is 9.35. The topological polar surface area (TPSA) is 86.8 Å². The highest BCUT2D eigenvalue weighted by molar-refractivity contribution is 7.92. The van der Waals surface area contributed by atoms with Crippen molar-refractivity contribution in [3.63, 3.8) is 0 Å². The van der Waals surface area contributed by atoms with Crippen molar-refractivity contribution in [2.75, 3.05) is 17.9 Å². The molecule has 0 aliphatic rings. The molecule has 1 unspecified atom stereocenters.